The summed E-state index contributed by atoms with van der Waals surface area (Å²) in [5, 5.41) is 2.90. The molecule has 23 heavy (non-hydrogen) atoms. The van der Waals surface area contributed by atoms with Crippen molar-refractivity contribution in [2.45, 2.75) is 18.6 Å². The van der Waals surface area contributed by atoms with Crippen molar-refractivity contribution in [3.05, 3.63) is 83.9 Å². The number of thioether (sulfide) groups is 1. The van der Waals surface area contributed by atoms with Crippen molar-refractivity contribution < 1.29 is 4.79 Å². The third-order valence-corrected chi connectivity index (χ3v) is 5.27. The first kappa shape index (κ1) is 17.4. The highest BCUT2D eigenvalue weighted by molar-refractivity contribution is 8.00. The maximum atomic E-state index is 11.6. The molecule has 2 nitrogen and oxygen atoms in total. The molecule has 1 N–H and O–H groups in total. The summed E-state index contributed by atoms with van der Waals surface area (Å²) in [5.74, 6) is 0.756. The molecule has 0 saturated heterocycles. The Bertz CT molecular complexity index is 612. The second kappa shape index (κ2) is 8.02. The fourth-order valence-corrected chi connectivity index (χ4v) is 3.63. The van der Waals surface area contributed by atoms with Crippen LogP contribution in [0.4, 0.5) is 0 Å². The third kappa shape index (κ3) is 4.49. The molecule has 0 aromatic heterocycles. The van der Waals surface area contributed by atoms with Crippen LogP contribution in [-0.4, -0.2) is 18.2 Å². The Morgan fingerprint density at radius 2 is 1.52 bits per heavy atom. The van der Waals surface area contributed by atoms with E-state index in [0.29, 0.717) is 12.1 Å². The minimum absolute atomic E-state index is 0.0771. The van der Waals surface area contributed by atoms with Gasteiger partial charge in [0.2, 0.25) is 5.91 Å². The van der Waals surface area contributed by atoms with Crippen molar-refractivity contribution in [2.75, 3.05) is 12.3 Å². The van der Waals surface area contributed by atoms with Gasteiger partial charge in [0.05, 0.1) is 4.75 Å². The van der Waals surface area contributed by atoms with Crippen molar-refractivity contribution in [3.63, 3.8) is 0 Å². The zero-order valence-corrected chi connectivity index (χ0v) is 14.5. The van der Waals surface area contributed by atoms with Gasteiger partial charge in [0.15, 0.2) is 0 Å². The van der Waals surface area contributed by atoms with Gasteiger partial charge in [-0.05, 0) is 25.0 Å². The Hall–Kier alpha value is -2.00. The lowest BCUT2D eigenvalue weighted by molar-refractivity contribution is -0.117. The van der Waals surface area contributed by atoms with Crippen LogP contribution in [0.1, 0.15) is 25.0 Å². The normalized spacial score (nSPS) is 11.0. The Labute approximate surface area is 143 Å². The quantitative estimate of drug-likeness (QED) is 0.605. The maximum Gasteiger partial charge on any atom is 0.246 e. The molecule has 0 aliphatic rings. The lowest BCUT2D eigenvalue weighted by atomic mass is 9.92. The third-order valence-electron chi connectivity index (χ3n) is 3.82. The molecule has 0 saturated carbocycles. The number of nitrogens with one attached hydrogen (secondary N) is 1. The first-order valence-corrected chi connectivity index (χ1v) is 8.71. The molecule has 0 spiro atoms. The lowest BCUT2D eigenvalue weighted by Gasteiger charge is -2.30. The number of carbonyl (C=O) groups excluding carboxylic acids is 1. The summed E-state index contributed by atoms with van der Waals surface area (Å²) in [4.78, 5) is 11.6. The standard InChI is InChI=1S/C20H23NOS/c1-16(2)19(22)21-14-15-23-20(3,17-10-6-4-7-11-17)18-12-8-5-9-13-18/h4-13H,1,14-15H2,2-3H3,(H,21,22). The summed E-state index contributed by atoms with van der Waals surface area (Å²) in [6.45, 7) is 8.25. The van der Waals surface area contributed by atoms with E-state index in [1.165, 1.54) is 11.1 Å². The van der Waals surface area contributed by atoms with E-state index in [0.717, 1.165) is 5.75 Å². The largest absolute Gasteiger partial charge is 0.352 e. The zero-order chi connectivity index (χ0) is 16.7. The summed E-state index contributed by atoms with van der Waals surface area (Å²) in [7, 11) is 0. The second-order valence-electron chi connectivity index (χ2n) is 5.65. The summed E-state index contributed by atoms with van der Waals surface area (Å²) < 4.78 is -0.142. The number of hydrogen-bond donors (Lipinski definition) is 1. The number of carbonyl (C=O) groups is 1. The number of rotatable bonds is 7. The van der Waals surface area contributed by atoms with Crippen molar-refractivity contribution in [3.8, 4) is 0 Å². The highest BCUT2D eigenvalue weighted by Crippen LogP contribution is 2.42. The molecule has 2 aromatic rings. The highest BCUT2D eigenvalue weighted by Gasteiger charge is 2.28. The molecule has 0 aliphatic carbocycles. The molecule has 0 atom stereocenters. The molecule has 2 rings (SSSR count). The molecule has 0 unspecified atom stereocenters. The van der Waals surface area contributed by atoms with Gasteiger partial charge in [0, 0.05) is 17.9 Å². The van der Waals surface area contributed by atoms with E-state index in [9.17, 15) is 4.79 Å². The Morgan fingerprint density at radius 3 is 1.96 bits per heavy atom. The molecular formula is C20H23NOS. The van der Waals surface area contributed by atoms with Gasteiger partial charge in [-0.1, -0.05) is 67.2 Å². The van der Waals surface area contributed by atoms with Crippen LogP contribution in [0.2, 0.25) is 0 Å². The minimum Gasteiger partial charge on any atom is -0.352 e. The van der Waals surface area contributed by atoms with Crippen LogP contribution in [0.5, 0.6) is 0 Å². The average molecular weight is 325 g/mol. The van der Waals surface area contributed by atoms with Crippen LogP contribution < -0.4 is 5.32 Å². The predicted molar refractivity (Wildman–Crippen MR) is 99.6 cm³/mol. The predicted octanol–water partition coefficient (Wildman–Crippen LogP) is 4.38. The summed E-state index contributed by atoms with van der Waals surface area (Å²) in [6, 6.07) is 21.0. The SMILES string of the molecule is C=C(C)C(=O)NCCSC(C)(c1ccccc1)c1ccccc1. The number of hydrogen-bond acceptors (Lipinski definition) is 2. The molecular weight excluding hydrogens is 302 g/mol. The van der Waals surface area contributed by atoms with Gasteiger partial charge in [-0.25, -0.2) is 0 Å². The molecule has 0 aliphatic heterocycles. The van der Waals surface area contributed by atoms with Crippen molar-refractivity contribution in [2.24, 2.45) is 0 Å². The van der Waals surface area contributed by atoms with Gasteiger partial charge in [0.25, 0.3) is 0 Å². The first-order valence-electron chi connectivity index (χ1n) is 7.73. The molecule has 0 heterocycles. The van der Waals surface area contributed by atoms with Crippen LogP contribution in [0, 0.1) is 0 Å². The summed E-state index contributed by atoms with van der Waals surface area (Å²) >= 11 is 1.84. The van der Waals surface area contributed by atoms with Crippen LogP contribution >= 0.6 is 11.8 Å². The van der Waals surface area contributed by atoms with E-state index >= 15 is 0 Å². The smallest absolute Gasteiger partial charge is 0.246 e. The Kier molecular flexibility index (Phi) is 6.05. The van der Waals surface area contributed by atoms with E-state index in [2.05, 4.69) is 67.4 Å². The van der Waals surface area contributed by atoms with E-state index < -0.39 is 0 Å². The zero-order valence-electron chi connectivity index (χ0n) is 13.7. The van der Waals surface area contributed by atoms with Gasteiger partial charge >= 0.3 is 0 Å². The van der Waals surface area contributed by atoms with Crippen molar-refractivity contribution >= 4 is 17.7 Å². The summed E-state index contributed by atoms with van der Waals surface area (Å²) in [5.41, 5.74) is 3.08. The van der Waals surface area contributed by atoms with Gasteiger partial charge in [-0.3, -0.25) is 4.79 Å². The Morgan fingerprint density at radius 1 is 1.04 bits per heavy atom. The fraction of sp³-hybridized carbons (Fsp3) is 0.250. The monoisotopic (exact) mass is 325 g/mol. The molecule has 0 fully saturated rings. The van der Waals surface area contributed by atoms with Crippen LogP contribution in [0.3, 0.4) is 0 Å². The molecule has 120 valence electrons. The molecule has 1 amide bonds. The van der Waals surface area contributed by atoms with Crippen LogP contribution in [0.25, 0.3) is 0 Å². The second-order valence-corrected chi connectivity index (χ2v) is 7.16. The van der Waals surface area contributed by atoms with E-state index in [-0.39, 0.29) is 10.7 Å². The van der Waals surface area contributed by atoms with Gasteiger partial charge in [-0.15, -0.1) is 11.8 Å². The van der Waals surface area contributed by atoms with Gasteiger partial charge < -0.3 is 5.32 Å². The van der Waals surface area contributed by atoms with Crippen molar-refractivity contribution in [1.82, 2.24) is 5.32 Å². The molecule has 0 radical (unpaired) electrons. The lowest BCUT2D eigenvalue weighted by Crippen LogP contribution is -2.28. The first-order chi connectivity index (χ1) is 11.0. The number of amides is 1. The molecule has 2 aromatic carbocycles. The van der Waals surface area contributed by atoms with Gasteiger partial charge in [-0.2, -0.15) is 0 Å². The highest BCUT2D eigenvalue weighted by atomic mass is 32.2. The maximum absolute atomic E-state index is 11.6. The fourth-order valence-electron chi connectivity index (χ4n) is 2.42. The Balaban J connectivity index is 2.13. The van der Waals surface area contributed by atoms with E-state index in [4.69, 9.17) is 0 Å². The van der Waals surface area contributed by atoms with Gasteiger partial charge in [0.1, 0.15) is 0 Å². The molecule has 0 bridgehead atoms. The summed E-state index contributed by atoms with van der Waals surface area (Å²) in [6.07, 6.45) is 0. The van der Waals surface area contributed by atoms with Crippen LogP contribution in [0.15, 0.2) is 72.8 Å². The minimum atomic E-state index is -0.142. The number of benzene rings is 2. The van der Waals surface area contributed by atoms with Crippen molar-refractivity contribution in [1.29, 1.82) is 0 Å². The molecule has 3 heteroatoms. The van der Waals surface area contributed by atoms with E-state index in [1.807, 2.05) is 23.9 Å². The average Bonchev–Trinajstić information content (AvgIpc) is 2.59. The topological polar surface area (TPSA) is 29.1 Å². The van der Waals surface area contributed by atoms with Crippen LogP contribution in [-0.2, 0) is 9.54 Å². The van der Waals surface area contributed by atoms with E-state index in [1.54, 1.807) is 6.92 Å².